The Hall–Kier alpha value is -3.70. The quantitative estimate of drug-likeness (QED) is 0.333. The van der Waals surface area contributed by atoms with Crippen LogP contribution in [0.5, 0.6) is 5.75 Å². The fourth-order valence-electron chi connectivity index (χ4n) is 5.20. The van der Waals surface area contributed by atoms with Gasteiger partial charge in [0.2, 0.25) is 0 Å². The first-order valence-corrected chi connectivity index (χ1v) is 11.9. The molecule has 0 saturated carbocycles. The second kappa shape index (κ2) is 9.51. The van der Waals surface area contributed by atoms with Gasteiger partial charge in [0.05, 0.1) is 5.56 Å². The summed E-state index contributed by atoms with van der Waals surface area (Å²) < 4.78 is 21.2. The molecule has 0 aromatic heterocycles. The fraction of sp³-hybridized carbons (Fsp3) is 0.233. The van der Waals surface area contributed by atoms with Gasteiger partial charge in [-0.05, 0) is 59.9 Å². The molecule has 5 heteroatoms. The maximum atomic E-state index is 14.9. The van der Waals surface area contributed by atoms with E-state index >= 15 is 0 Å². The molecule has 0 spiro atoms. The Balaban J connectivity index is 1.40. The highest BCUT2D eigenvalue weighted by Gasteiger charge is 2.31. The Morgan fingerprint density at radius 3 is 2.60 bits per heavy atom. The summed E-state index contributed by atoms with van der Waals surface area (Å²) in [7, 11) is 0. The molecule has 2 N–H and O–H groups in total. The normalized spacial score (nSPS) is 18.0. The van der Waals surface area contributed by atoms with Crippen molar-refractivity contribution in [2.75, 3.05) is 6.54 Å². The molecular formula is C30H28FNO3. The summed E-state index contributed by atoms with van der Waals surface area (Å²) in [4.78, 5) is 11.4. The molecule has 178 valence electrons. The summed E-state index contributed by atoms with van der Waals surface area (Å²) in [5.74, 6) is -1.22. The molecule has 0 aliphatic carbocycles. The molecular weight excluding hydrogens is 441 g/mol. The summed E-state index contributed by atoms with van der Waals surface area (Å²) >= 11 is 0. The Labute approximate surface area is 204 Å². The number of hydrogen-bond donors (Lipinski definition) is 2. The molecule has 0 amide bonds. The molecule has 4 aromatic carbocycles. The molecule has 4 aromatic rings. The average Bonchev–Trinajstić information content (AvgIpc) is 2.88. The highest BCUT2D eigenvalue weighted by atomic mass is 19.1. The molecule has 0 radical (unpaired) electrons. The molecule has 0 unspecified atom stereocenters. The van der Waals surface area contributed by atoms with E-state index in [4.69, 9.17) is 4.74 Å². The van der Waals surface area contributed by atoms with Crippen molar-refractivity contribution in [1.29, 1.82) is 0 Å². The van der Waals surface area contributed by atoms with Gasteiger partial charge in [-0.25, -0.2) is 9.18 Å². The number of nitrogens with one attached hydrogen (secondary N) is 1. The van der Waals surface area contributed by atoms with Crippen LogP contribution >= 0.6 is 0 Å². The second-order valence-corrected chi connectivity index (χ2v) is 9.21. The maximum Gasteiger partial charge on any atom is 0.338 e. The van der Waals surface area contributed by atoms with Crippen LogP contribution in [-0.4, -0.2) is 23.7 Å². The molecule has 1 aliphatic heterocycles. The highest BCUT2D eigenvalue weighted by molar-refractivity contribution is 5.88. The van der Waals surface area contributed by atoms with Crippen LogP contribution in [0.1, 0.15) is 57.9 Å². The van der Waals surface area contributed by atoms with E-state index in [9.17, 15) is 14.3 Å². The molecule has 0 saturated heterocycles. The lowest BCUT2D eigenvalue weighted by Gasteiger charge is -2.34. The number of carbonyl (C=O) groups is 1. The van der Waals surface area contributed by atoms with Crippen molar-refractivity contribution >= 4 is 16.7 Å². The van der Waals surface area contributed by atoms with Crippen molar-refractivity contribution in [2.24, 2.45) is 0 Å². The predicted octanol–water partition coefficient (Wildman–Crippen LogP) is 6.62. The van der Waals surface area contributed by atoms with Gasteiger partial charge in [0.25, 0.3) is 0 Å². The standard InChI is InChI=1S/C30H28FNO3/c1-18-22(14-15-26(29(18)31)30(33)34)27-16-21(35-28-13-6-5-11-25(27)28)17-32-19(2)23-12-7-9-20-8-3-4-10-24(20)23/h3-15,19,21,27,32H,16-17H2,1-2H3,(H,33,34)/t19-,21-,27+/m1/s1. The van der Waals surface area contributed by atoms with E-state index in [1.165, 1.54) is 22.4 Å². The van der Waals surface area contributed by atoms with E-state index in [2.05, 4.69) is 48.6 Å². The van der Waals surface area contributed by atoms with Crippen molar-refractivity contribution in [2.45, 2.75) is 38.3 Å². The fourth-order valence-corrected chi connectivity index (χ4v) is 5.20. The predicted molar refractivity (Wildman–Crippen MR) is 136 cm³/mol. The van der Waals surface area contributed by atoms with Crippen molar-refractivity contribution in [3.05, 3.63) is 112 Å². The number of aromatic carboxylic acids is 1. The Morgan fingerprint density at radius 2 is 1.77 bits per heavy atom. The van der Waals surface area contributed by atoms with Crippen LogP contribution in [-0.2, 0) is 0 Å². The van der Waals surface area contributed by atoms with Crippen LogP contribution in [0, 0.1) is 12.7 Å². The van der Waals surface area contributed by atoms with Crippen LogP contribution in [0.15, 0.2) is 78.9 Å². The van der Waals surface area contributed by atoms with Gasteiger partial charge in [0, 0.05) is 24.1 Å². The monoisotopic (exact) mass is 469 g/mol. The molecule has 5 rings (SSSR count). The van der Waals surface area contributed by atoms with Crippen LogP contribution < -0.4 is 10.1 Å². The third-order valence-corrected chi connectivity index (χ3v) is 7.06. The average molecular weight is 470 g/mol. The van der Waals surface area contributed by atoms with E-state index in [0.29, 0.717) is 18.5 Å². The number of fused-ring (bicyclic) bond motifs is 2. The third kappa shape index (κ3) is 4.40. The minimum absolute atomic E-state index is 0.0862. The second-order valence-electron chi connectivity index (χ2n) is 9.21. The Kier molecular flexibility index (Phi) is 6.27. The molecule has 0 bridgehead atoms. The summed E-state index contributed by atoms with van der Waals surface area (Å²) in [6.07, 6.45) is 0.549. The minimum atomic E-state index is -1.26. The zero-order valence-corrected chi connectivity index (χ0v) is 19.8. The Bertz CT molecular complexity index is 1390. The van der Waals surface area contributed by atoms with Crippen LogP contribution in [0.4, 0.5) is 4.39 Å². The van der Waals surface area contributed by atoms with Crippen molar-refractivity contribution in [3.8, 4) is 5.75 Å². The zero-order valence-electron chi connectivity index (χ0n) is 19.8. The highest BCUT2D eigenvalue weighted by Crippen LogP contribution is 2.42. The van der Waals surface area contributed by atoms with Crippen molar-refractivity contribution < 1.29 is 19.0 Å². The molecule has 0 fully saturated rings. The number of benzene rings is 4. The minimum Gasteiger partial charge on any atom is -0.489 e. The van der Waals surface area contributed by atoms with Gasteiger partial charge < -0.3 is 15.2 Å². The third-order valence-electron chi connectivity index (χ3n) is 7.06. The van der Waals surface area contributed by atoms with E-state index in [-0.39, 0.29) is 23.6 Å². The number of ether oxygens (including phenoxy) is 1. The molecule has 1 heterocycles. The molecule has 1 aliphatic rings. The molecule has 3 atom stereocenters. The van der Waals surface area contributed by atoms with Crippen LogP contribution in [0.25, 0.3) is 10.8 Å². The van der Waals surface area contributed by atoms with Gasteiger partial charge in [-0.15, -0.1) is 0 Å². The number of carboxylic acid groups (broad SMARTS) is 1. The number of halogens is 1. The summed E-state index contributed by atoms with van der Waals surface area (Å²) in [5, 5.41) is 15.4. The number of rotatable bonds is 6. The lowest BCUT2D eigenvalue weighted by atomic mass is 9.81. The SMILES string of the molecule is Cc1c([C@@H]2C[C@H](CN[C@H](C)c3cccc4ccccc34)Oc3ccccc32)ccc(C(=O)O)c1F. The molecule has 35 heavy (non-hydrogen) atoms. The summed E-state index contributed by atoms with van der Waals surface area (Å²) in [6, 6.07) is 25.8. The number of carboxylic acids is 1. The largest absolute Gasteiger partial charge is 0.489 e. The van der Waals surface area contributed by atoms with Gasteiger partial charge >= 0.3 is 5.97 Å². The maximum absolute atomic E-state index is 14.9. The topological polar surface area (TPSA) is 58.6 Å². The van der Waals surface area contributed by atoms with Gasteiger partial charge in [0.15, 0.2) is 0 Å². The van der Waals surface area contributed by atoms with Gasteiger partial charge in [-0.2, -0.15) is 0 Å². The first kappa shape index (κ1) is 23.1. The first-order chi connectivity index (χ1) is 16.9. The van der Waals surface area contributed by atoms with Gasteiger partial charge in [-0.3, -0.25) is 0 Å². The Morgan fingerprint density at radius 1 is 1.03 bits per heavy atom. The van der Waals surface area contributed by atoms with Crippen molar-refractivity contribution in [3.63, 3.8) is 0 Å². The van der Waals surface area contributed by atoms with Gasteiger partial charge in [0.1, 0.15) is 17.7 Å². The summed E-state index contributed by atoms with van der Waals surface area (Å²) in [5.41, 5.74) is 3.11. The lowest BCUT2D eigenvalue weighted by molar-refractivity contribution is 0.0691. The van der Waals surface area contributed by atoms with E-state index in [1.54, 1.807) is 13.0 Å². The van der Waals surface area contributed by atoms with Gasteiger partial charge in [-0.1, -0.05) is 66.7 Å². The van der Waals surface area contributed by atoms with Crippen LogP contribution in [0.3, 0.4) is 0 Å². The van der Waals surface area contributed by atoms with Crippen molar-refractivity contribution in [1.82, 2.24) is 5.32 Å². The number of para-hydroxylation sites is 1. The van der Waals surface area contributed by atoms with Crippen LogP contribution in [0.2, 0.25) is 0 Å². The zero-order chi connectivity index (χ0) is 24.5. The number of hydrogen-bond acceptors (Lipinski definition) is 3. The lowest BCUT2D eigenvalue weighted by Crippen LogP contribution is -2.37. The smallest absolute Gasteiger partial charge is 0.338 e. The van der Waals surface area contributed by atoms with E-state index < -0.39 is 11.8 Å². The molecule has 4 nitrogen and oxygen atoms in total. The summed E-state index contributed by atoms with van der Waals surface area (Å²) in [6.45, 7) is 4.44. The first-order valence-electron chi connectivity index (χ1n) is 11.9. The van der Waals surface area contributed by atoms with E-state index in [1.807, 2.05) is 30.3 Å². The van der Waals surface area contributed by atoms with E-state index in [0.717, 1.165) is 16.9 Å².